The van der Waals surface area contributed by atoms with Crippen LogP contribution in [0.1, 0.15) is 24.5 Å². The first-order valence-corrected chi connectivity index (χ1v) is 9.46. The van der Waals surface area contributed by atoms with Gasteiger partial charge in [-0.15, -0.1) is 0 Å². The highest BCUT2D eigenvalue weighted by atomic mass is 32.2. The maximum Gasteiger partial charge on any atom is 0.416 e. The molecule has 0 aromatic heterocycles. The van der Waals surface area contributed by atoms with E-state index in [1.165, 1.54) is 0 Å². The number of carbonyl (C=O) groups is 1. The van der Waals surface area contributed by atoms with Crippen molar-refractivity contribution in [3.8, 4) is 5.75 Å². The molecule has 0 aliphatic carbocycles. The van der Waals surface area contributed by atoms with Gasteiger partial charge in [0, 0.05) is 6.04 Å². The van der Waals surface area contributed by atoms with Gasteiger partial charge in [-0.05, 0) is 31.5 Å². The molecule has 0 bridgehead atoms. The quantitative estimate of drug-likeness (QED) is 0.762. The van der Waals surface area contributed by atoms with E-state index in [-0.39, 0.29) is 24.0 Å². The highest BCUT2D eigenvalue weighted by molar-refractivity contribution is 7.91. The highest BCUT2D eigenvalue weighted by Gasteiger charge is 2.37. The van der Waals surface area contributed by atoms with Crippen molar-refractivity contribution in [3.63, 3.8) is 0 Å². The average molecular weight is 419 g/mol. The lowest BCUT2D eigenvalue weighted by Crippen LogP contribution is -2.43. The molecule has 2 atom stereocenters. The van der Waals surface area contributed by atoms with Gasteiger partial charge < -0.3 is 10.1 Å². The summed E-state index contributed by atoms with van der Waals surface area (Å²) in [6.07, 6.45) is -11.3. The van der Waals surface area contributed by atoms with E-state index in [1.807, 2.05) is 0 Å². The topological polar surface area (TPSA) is 72.5 Å². The number of amides is 1. The summed E-state index contributed by atoms with van der Waals surface area (Å²) in [7, 11) is -3.28. The third-order valence-corrected chi connectivity index (χ3v) is 5.59. The van der Waals surface area contributed by atoms with Crippen LogP contribution in [0.15, 0.2) is 18.2 Å². The summed E-state index contributed by atoms with van der Waals surface area (Å²) in [5, 5.41) is 2.36. The zero-order chi connectivity index (χ0) is 20.6. The van der Waals surface area contributed by atoms with Crippen LogP contribution in [0.4, 0.5) is 26.3 Å². The predicted molar refractivity (Wildman–Crippen MR) is 81.7 cm³/mol. The molecule has 1 fully saturated rings. The molecule has 0 spiro atoms. The fourth-order valence-corrected chi connectivity index (χ4v) is 4.15. The molecule has 5 nitrogen and oxygen atoms in total. The lowest BCUT2D eigenvalue weighted by molar-refractivity contribution is -0.143. The van der Waals surface area contributed by atoms with Crippen LogP contribution in [-0.4, -0.2) is 38.0 Å². The first-order valence-electron chi connectivity index (χ1n) is 7.64. The van der Waals surface area contributed by atoms with E-state index in [0.29, 0.717) is 12.1 Å². The molecule has 1 heterocycles. The summed E-state index contributed by atoms with van der Waals surface area (Å²) in [6.45, 7) is 1.13. The summed E-state index contributed by atoms with van der Waals surface area (Å²) in [4.78, 5) is 12.0. The van der Waals surface area contributed by atoms with Crippen LogP contribution in [0.3, 0.4) is 0 Å². The van der Waals surface area contributed by atoms with Crippen LogP contribution in [0.5, 0.6) is 5.75 Å². The molecule has 2 rings (SSSR count). The Morgan fingerprint density at radius 2 is 1.63 bits per heavy atom. The number of rotatable bonds is 4. The minimum atomic E-state index is -5.04. The highest BCUT2D eigenvalue weighted by Crippen LogP contribution is 2.38. The molecule has 1 N–H and O–H groups in total. The summed E-state index contributed by atoms with van der Waals surface area (Å²) in [5.41, 5.74) is -3.14. The maximum absolute atomic E-state index is 12.8. The van der Waals surface area contributed by atoms with Crippen LogP contribution in [0.2, 0.25) is 0 Å². The molecule has 2 unspecified atom stereocenters. The number of hydrogen-bond donors (Lipinski definition) is 1. The summed E-state index contributed by atoms with van der Waals surface area (Å²) >= 11 is 0. The monoisotopic (exact) mass is 419 g/mol. The van der Waals surface area contributed by atoms with Gasteiger partial charge in [-0.1, -0.05) is 0 Å². The molecule has 1 aromatic rings. The van der Waals surface area contributed by atoms with Crippen molar-refractivity contribution in [2.45, 2.75) is 37.8 Å². The molecule has 1 saturated heterocycles. The second kappa shape index (κ2) is 7.21. The number of carbonyl (C=O) groups excluding carboxylic acids is 1. The predicted octanol–water partition coefficient (Wildman–Crippen LogP) is 2.79. The SMILES string of the molecule is CC(Oc1cc(C(F)(F)F)cc(C(F)(F)F)c1)C(=O)NC1CCS(=O)(=O)C1. The Morgan fingerprint density at radius 3 is 2.04 bits per heavy atom. The van der Waals surface area contributed by atoms with Crippen LogP contribution < -0.4 is 10.1 Å². The van der Waals surface area contributed by atoms with Crippen molar-refractivity contribution >= 4 is 15.7 Å². The van der Waals surface area contributed by atoms with Crippen molar-refractivity contribution in [1.29, 1.82) is 0 Å². The zero-order valence-corrected chi connectivity index (χ0v) is 14.6. The molecule has 1 aliphatic rings. The molecule has 1 aliphatic heterocycles. The fraction of sp³-hybridized carbons (Fsp3) is 0.533. The Hall–Kier alpha value is -1.98. The van der Waals surface area contributed by atoms with Gasteiger partial charge >= 0.3 is 12.4 Å². The van der Waals surface area contributed by atoms with E-state index in [9.17, 15) is 39.6 Å². The van der Waals surface area contributed by atoms with Crippen molar-refractivity contribution in [2.75, 3.05) is 11.5 Å². The Labute approximate surface area is 150 Å². The van der Waals surface area contributed by atoms with Crippen molar-refractivity contribution < 1.29 is 44.3 Å². The van der Waals surface area contributed by atoms with E-state index < -0.39 is 57.1 Å². The normalized spacial score (nSPS) is 20.9. The van der Waals surface area contributed by atoms with Gasteiger partial charge in [0.25, 0.3) is 5.91 Å². The van der Waals surface area contributed by atoms with Crippen molar-refractivity contribution in [3.05, 3.63) is 29.3 Å². The van der Waals surface area contributed by atoms with Gasteiger partial charge in [0.05, 0.1) is 22.6 Å². The first-order chi connectivity index (χ1) is 12.2. The smallest absolute Gasteiger partial charge is 0.416 e. The number of benzene rings is 1. The Morgan fingerprint density at radius 1 is 1.11 bits per heavy atom. The van der Waals surface area contributed by atoms with E-state index in [2.05, 4.69) is 5.32 Å². The lowest BCUT2D eigenvalue weighted by Gasteiger charge is -2.19. The third kappa shape index (κ3) is 5.75. The number of ether oxygens (including phenoxy) is 1. The second-order valence-corrected chi connectivity index (χ2v) is 8.34. The first kappa shape index (κ1) is 21.3. The van der Waals surface area contributed by atoms with Crippen LogP contribution in [0, 0.1) is 0 Å². The van der Waals surface area contributed by atoms with Gasteiger partial charge in [-0.3, -0.25) is 4.79 Å². The average Bonchev–Trinajstić information content (AvgIpc) is 2.83. The van der Waals surface area contributed by atoms with E-state index in [4.69, 9.17) is 4.74 Å². The second-order valence-electron chi connectivity index (χ2n) is 6.11. The zero-order valence-electron chi connectivity index (χ0n) is 13.8. The van der Waals surface area contributed by atoms with Gasteiger partial charge in [0.15, 0.2) is 15.9 Å². The molecule has 0 radical (unpaired) electrons. The summed E-state index contributed by atoms with van der Waals surface area (Å²) in [5.74, 6) is -2.02. The minimum absolute atomic E-state index is 0.0546. The van der Waals surface area contributed by atoms with Gasteiger partial charge in [0.1, 0.15) is 5.75 Å². The lowest BCUT2D eigenvalue weighted by atomic mass is 10.1. The van der Waals surface area contributed by atoms with Crippen molar-refractivity contribution in [1.82, 2.24) is 5.32 Å². The van der Waals surface area contributed by atoms with E-state index in [0.717, 1.165) is 6.92 Å². The third-order valence-electron chi connectivity index (χ3n) is 3.82. The van der Waals surface area contributed by atoms with Crippen molar-refractivity contribution in [2.24, 2.45) is 0 Å². The molecule has 1 amide bonds. The van der Waals surface area contributed by atoms with Crippen LogP contribution in [0.25, 0.3) is 0 Å². The van der Waals surface area contributed by atoms with Gasteiger partial charge in [0.2, 0.25) is 0 Å². The molecule has 152 valence electrons. The number of halogens is 6. The number of alkyl halides is 6. The largest absolute Gasteiger partial charge is 0.481 e. The summed E-state index contributed by atoms with van der Waals surface area (Å²) in [6, 6.07) is -0.0141. The van der Waals surface area contributed by atoms with E-state index >= 15 is 0 Å². The molecule has 27 heavy (non-hydrogen) atoms. The number of nitrogens with one attached hydrogen (secondary N) is 1. The molecular weight excluding hydrogens is 404 g/mol. The molecular formula is C15H15F6NO4S. The van der Waals surface area contributed by atoms with Gasteiger partial charge in [-0.2, -0.15) is 26.3 Å². The molecule has 1 aromatic carbocycles. The van der Waals surface area contributed by atoms with Crippen LogP contribution in [-0.2, 0) is 27.0 Å². The number of hydrogen-bond acceptors (Lipinski definition) is 4. The molecule has 12 heteroatoms. The summed E-state index contributed by atoms with van der Waals surface area (Å²) < 4.78 is 105. The van der Waals surface area contributed by atoms with Gasteiger partial charge in [-0.25, -0.2) is 8.42 Å². The maximum atomic E-state index is 12.8. The Bertz CT molecular complexity index is 786. The standard InChI is InChI=1S/C15H15F6NO4S/c1-8(13(23)22-11-2-3-27(24,25)7-11)26-12-5-9(14(16,17)18)4-10(6-12)15(19,20)21/h4-6,8,11H,2-3,7H2,1H3,(H,22,23). The molecule has 0 saturated carbocycles. The fourth-order valence-electron chi connectivity index (χ4n) is 2.48. The van der Waals surface area contributed by atoms with E-state index in [1.54, 1.807) is 0 Å². The Balaban J connectivity index is 2.16. The van der Waals surface area contributed by atoms with Crippen LogP contribution >= 0.6 is 0 Å². The number of sulfone groups is 1. The Kier molecular flexibility index (Phi) is 5.69. The minimum Gasteiger partial charge on any atom is -0.481 e.